The number of carboxylic acids is 1. The van der Waals surface area contributed by atoms with E-state index in [0.717, 1.165) is 6.07 Å². The number of hydrogen-bond donors (Lipinski definition) is 3. The molecule has 0 amide bonds. The normalized spacial score (nSPS) is 16.7. The fraction of sp³-hybridized carbons (Fsp3) is 0.375. The first-order chi connectivity index (χ1) is 12.3. The van der Waals surface area contributed by atoms with Crippen molar-refractivity contribution in [2.75, 3.05) is 13.2 Å². The Bertz CT molecular complexity index is 924. The van der Waals surface area contributed by atoms with E-state index in [2.05, 4.69) is 5.10 Å². The first-order valence-corrected chi connectivity index (χ1v) is 9.46. The third-order valence-corrected chi connectivity index (χ3v) is 6.07. The average Bonchev–Trinajstić information content (AvgIpc) is 2.92. The third kappa shape index (κ3) is 3.49. The van der Waals surface area contributed by atoms with E-state index in [1.807, 2.05) is 0 Å². The van der Waals surface area contributed by atoms with Gasteiger partial charge in [0.05, 0.1) is 35.0 Å². The molecule has 2 aromatic rings. The summed E-state index contributed by atoms with van der Waals surface area (Å²) in [6, 6.07) is 6.81. The number of carbonyl (C=O) groups is 1. The van der Waals surface area contributed by atoms with Crippen molar-refractivity contribution in [2.45, 2.75) is 30.5 Å². The minimum atomic E-state index is -3.88. The van der Waals surface area contributed by atoms with Gasteiger partial charge in [-0.3, -0.25) is 4.68 Å². The Kier molecular flexibility index (Phi) is 5.10. The summed E-state index contributed by atoms with van der Waals surface area (Å²) < 4.78 is 28.8. The van der Waals surface area contributed by atoms with Gasteiger partial charge in [-0.15, -0.1) is 0 Å². The summed E-state index contributed by atoms with van der Waals surface area (Å²) in [6.07, 6.45) is -0.604. The molecule has 0 saturated carbocycles. The molecule has 1 atom stereocenters. The number of nitrogens with zero attached hydrogens (tertiary/aromatic N) is 3. The summed E-state index contributed by atoms with van der Waals surface area (Å²) in [7, 11) is -3.88. The Morgan fingerprint density at radius 2 is 2.04 bits per heavy atom. The van der Waals surface area contributed by atoms with Crippen LogP contribution in [-0.2, 0) is 23.1 Å². The molecule has 0 radical (unpaired) electrons. The second-order valence-electron chi connectivity index (χ2n) is 6.01. The van der Waals surface area contributed by atoms with Gasteiger partial charge in [-0.25, -0.2) is 13.2 Å². The molecule has 0 saturated heterocycles. The molecular weight excluding hydrogens is 362 g/mol. The van der Waals surface area contributed by atoms with Crippen LogP contribution in [0.2, 0.25) is 0 Å². The zero-order valence-corrected chi connectivity index (χ0v) is 14.6. The first-order valence-electron chi connectivity index (χ1n) is 8.02. The van der Waals surface area contributed by atoms with E-state index >= 15 is 0 Å². The van der Waals surface area contributed by atoms with Crippen LogP contribution >= 0.6 is 0 Å². The highest BCUT2D eigenvalue weighted by Gasteiger charge is 2.29. The van der Waals surface area contributed by atoms with Crippen LogP contribution < -0.4 is 0 Å². The SMILES string of the molecule is O=C(O)c1cccc(S(=O)(=O)N2CCCn3nc(C(O)CO)cc3C2)c1. The number of aliphatic hydroxyl groups is 2. The predicted octanol–water partition coefficient (Wildman–Crippen LogP) is 0.202. The second-order valence-corrected chi connectivity index (χ2v) is 7.95. The smallest absolute Gasteiger partial charge is 0.335 e. The Hall–Kier alpha value is -2.27. The number of aryl methyl sites for hydroxylation is 1. The van der Waals surface area contributed by atoms with E-state index in [1.54, 1.807) is 10.7 Å². The number of aliphatic hydroxyl groups excluding tert-OH is 2. The standard InChI is InChI=1S/C16H19N3O6S/c20-10-15(21)14-8-12-9-18(5-2-6-19(12)17-14)26(24,25)13-4-1-3-11(7-13)16(22)23/h1,3-4,7-8,15,20-21H,2,5-6,9-10H2,(H,22,23). The maximum atomic E-state index is 12.9. The van der Waals surface area contributed by atoms with Crippen LogP contribution in [0, 0.1) is 0 Å². The Morgan fingerprint density at radius 3 is 2.73 bits per heavy atom. The van der Waals surface area contributed by atoms with E-state index in [9.17, 15) is 18.3 Å². The lowest BCUT2D eigenvalue weighted by atomic mass is 10.2. The van der Waals surface area contributed by atoms with Crippen molar-refractivity contribution < 1.29 is 28.5 Å². The van der Waals surface area contributed by atoms with Gasteiger partial charge in [0, 0.05) is 13.1 Å². The van der Waals surface area contributed by atoms with Crippen LogP contribution in [-0.4, -0.2) is 56.9 Å². The van der Waals surface area contributed by atoms with Crippen LogP contribution in [0.25, 0.3) is 0 Å². The average molecular weight is 381 g/mol. The molecule has 140 valence electrons. The monoisotopic (exact) mass is 381 g/mol. The van der Waals surface area contributed by atoms with Gasteiger partial charge in [0.25, 0.3) is 0 Å². The number of sulfonamides is 1. The van der Waals surface area contributed by atoms with Gasteiger partial charge >= 0.3 is 5.97 Å². The van der Waals surface area contributed by atoms with Crippen molar-refractivity contribution in [3.8, 4) is 0 Å². The maximum Gasteiger partial charge on any atom is 0.335 e. The molecule has 10 heteroatoms. The molecule has 26 heavy (non-hydrogen) atoms. The molecule has 1 aliphatic heterocycles. The van der Waals surface area contributed by atoms with Crippen LogP contribution in [0.4, 0.5) is 0 Å². The van der Waals surface area contributed by atoms with Crippen molar-refractivity contribution in [3.05, 3.63) is 47.3 Å². The molecule has 1 unspecified atom stereocenters. The van der Waals surface area contributed by atoms with Gasteiger partial charge < -0.3 is 15.3 Å². The number of fused-ring (bicyclic) bond motifs is 1. The number of aromatic nitrogens is 2. The van der Waals surface area contributed by atoms with Gasteiger partial charge in [-0.2, -0.15) is 9.40 Å². The summed E-state index contributed by atoms with van der Waals surface area (Å²) in [4.78, 5) is 11.0. The third-order valence-electron chi connectivity index (χ3n) is 4.23. The summed E-state index contributed by atoms with van der Waals surface area (Å²) in [5, 5.41) is 32.1. The highest BCUT2D eigenvalue weighted by molar-refractivity contribution is 7.89. The van der Waals surface area contributed by atoms with Crippen LogP contribution in [0.5, 0.6) is 0 Å². The summed E-state index contributed by atoms with van der Waals surface area (Å²) in [6.45, 7) is 0.320. The van der Waals surface area contributed by atoms with Crippen molar-refractivity contribution in [1.29, 1.82) is 0 Å². The van der Waals surface area contributed by atoms with Crippen molar-refractivity contribution in [1.82, 2.24) is 14.1 Å². The number of aromatic carboxylic acids is 1. The number of carboxylic acid groups (broad SMARTS) is 1. The number of rotatable bonds is 5. The predicted molar refractivity (Wildman–Crippen MR) is 89.9 cm³/mol. The molecule has 0 aliphatic carbocycles. The molecule has 1 aromatic carbocycles. The van der Waals surface area contributed by atoms with Gasteiger partial charge in [0.2, 0.25) is 10.0 Å². The molecule has 3 N–H and O–H groups in total. The number of benzene rings is 1. The molecule has 1 aliphatic rings. The second kappa shape index (κ2) is 7.16. The van der Waals surface area contributed by atoms with Gasteiger partial charge in [0.15, 0.2) is 0 Å². The Morgan fingerprint density at radius 1 is 1.27 bits per heavy atom. The van der Waals surface area contributed by atoms with E-state index in [1.165, 1.54) is 22.5 Å². The van der Waals surface area contributed by atoms with Crippen molar-refractivity contribution in [3.63, 3.8) is 0 Å². The lowest BCUT2D eigenvalue weighted by Gasteiger charge is -2.20. The molecule has 0 bridgehead atoms. The van der Waals surface area contributed by atoms with Crippen molar-refractivity contribution in [2.24, 2.45) is 0 Å². The van der Waals surface area contributed by atoms with E-state index in [4.69, 9.17) is 10.2 Å². The zero-order valence-electron chi connectivity index (χ0n) is 13.8. The molecule has 0 fully saturated rings. The van der Waals surface area contributed by atoms with E-state index in [0.29, 0.717) is 18.7 Å². The molecule has 1 aromatic heterocycles. The van der Waals surface area contributed by atoms with Gasteiger partial charge in [-0.1, -0.05) is 6.07 Å². The molecular formula is C16H19N3O6S. The topological polar surface area (TPSA) is 133 Å². The minimum absolute atomic E-state index is 0.0464. The number of hydrogen-bond acceptors (Lipinski definition) is 6. The Labute approximate surface area is 150 Å². The molecule has 0 spiro atoms. The van der Waals surface area contributed by atoms with Crippen LogP contribution in [0.15, 0.2) is 35.2 Å². The van der Waals surface area contributed by atoms with Gasteiger partial charge in [0.1, 0.15) is 6.10 Å². The summed E-state index contributed by atoms with van der Waals surface area (Å²) in [5.41, 5.74) is 0.789. The lowest BCUT2D eigenvalue weighted by Crippen LogP contribution is -2.31. The highest BCUT2D eigenvalue weighted by atomic mass is 32.2. The summed E-state index contributed by atoms with van der Waals surface area (Å²) in [5.74, 6) is -1.20. The molecule has 9 nitrogen and oxygen atoms in total. The molecule has 3 rings (SSSR count). The van der Waals surface area contributed by atoms with E-state index < -0.39 is 28.7 Å². The maximum absolute atomic E-state index is 12.9. The quantitative estimate of drug-likeness (QED) is 0.674. The first kappa shape index (κ1) is 18.5. The minimum Gasteiger partial charge on any atom is -0.478 e. The van der Waals surface area contributed by atoms with E-state index in [-0.39, 0.29) is 29.2 Å². The summed E-state index contributed by atoms with van der Waals surface area (Å²) >= 11 is 0. The lowest BCUT2D eigenvalue weighted by molar-refractivity contribution is 0.0696. The van der Waals surface area contributed by atoms with Crippen LogP contribution in [0.3, 0.4) is 0 Å². The fourth-order valence-corrected chi connectivity index (χ4v) is 4.35. The Balaban J connectivity index is 1.92. The highest BCUT2D eigenvalue weighted by Crippen LogP contribution is 2.24. The fourth-order valence-electron chi connectivity index (χ4n) is 2.86. The van der Waals surface area contributed by atoms with Crippen LogP contribution in [0.1, 0.15) is 34.3 Å². The largest absolute Gasteiger partial charge is 0.478 e. The van der Waals surface area contributed by atoms with Gasteiger partial charge in [-0.05, 0) is 30.7 Å². The zero-order chi connectivity index (χ0) is 18.9. The molecule has 2 heterocycles. The van der Waals surface area contributed by atoms with Crippen molar-refractivity contribution >= 4 is 16.0 Å².